The van der Waals surface area contributed by atoms with Gasteiger partial charge in [0, 0.05) is 19.1 Å². The second-order valence-corrected chi connectivity index (χ2v) is 7.93. The third-order valence-electron chi connectivity index (χ3n) is 4.11. The minimum absolute atomic E-state index is 0.205. The van der Waals surface area contributed by atoms with Gasteiger partial charge in [0.05, 0.1) is 5.02 Å². The highest BCUT2D eigenvalue weighted by molar-refractivity contribution is 6.32. The zero-order valence-electron chi connectivity index (χ0n) is 14.9. The summed E-state index contributed by atoms with van der Waals surface area (Å²) in [5.74, 6) is 1.87. The van der Waals surface area contributed by atoms with Crippen molar-refractivity contribution in [2.45, 2.75) is 51.8 Å². The minimum atomic E-state index is -0.490. The van der Waals surface area contributed by atoms with E-state index < -0.39 is 5.60 Å². The van der Waals surface area contributed by atoms with Crippen LogP contribution in [0.5, 0.6) is 11.5 Å². The normalized spacial score (nSPS) is 17.3. The molecule has 2 N–H and O–H groups in total. The molecule has 1 aromatic carbocycles. The van der Waals surface area contributed by atoms with Gasteiger partial charge in [-0.3, -0.25) is 0 Å². The Balaban J connectivity index is 1.53. The summed E-state index contributed by atoms with van der Waals surface area (Å²) in [5.41, 5.74) is 0.535. The Morgan fingerprint density at radius 1 is 1.36 bits per heavy atom. The Morgan fingerprint density at radius 3 is 2.80 bits per heavy atom. The van der Waals surface area contributed by atoms with Crippen molar-refractivity contribution in [3.05, 3.63) is 22.7 Å². The van der Waals surface area contributed by atoms with E-state index in [1.165, 1.54) is 12.8 Å². The number of amides is 1. The van der Waals surface area contributed by atoms with Gasteiger partial charge in [0.2, 0.25) is 6.79 Å². The number of benzene rings is 1. The van der Waals surface area contributed by atoms with Crippen molar-refractivity contribution in [1.29, 1.82) is 0 Å². The maximum Gasteiger partial charge on any atom is 0.407 e. The van der Waals surface area contributed by atoms with Gasteiger partial charge in [-0.1, -0.05) is 11.6 Å². The minimum Gasteiger partial charge on any atom is -0.454 e. The lowest BCUT2D eigenvalue weighted by Gasteiger charge is -2.22. The lowest BCUT2D eigenvalue weighted by atomic mass is 10.1. The molecule has 1 fully saturated rings. The van der Waals surface area contributed by atoms with E-state index in [2.05, 4.69) is 10.6 Å². The molecule has 1 heterocycles. The third kappa shape index (κ3) is 5.16. The number of fused-ring (bicyclic) bond motifs is 1. The van der Waals surface area contributed by atoms with Crippen molar-refractivity contribution in [2.24, 2.45) is 5.92 Å². The molecule has 1 saturated carbocycles. The van der Waals surface area contributed by atoms with Crippen LogP contribution >= 0.6 is 11.6 Å². The first-order valence-electron chi connectivity index (χ1n) is 8.60. The monoisotopic (exact) mass is 368 g/mol. The Bertz CT molecular complexity index is 641. The van der Waals surface area contributed by atoms with Gasteiger partial charge in [-0.25, -0.2) is 4.79 Å². The molecule has 1 aromatic rings. The predicted octanol–water partition coefficient (Wildman–Crippen LogP) is 3.46. The van der Waals surface area contributed by atoms with Crippen molar-refractivity contribution in [3.8, 4) is 11.5 Å². The fourth-order valence-electron chi connectivity index (χ4n) is 2.78. The molecule has 138 valence electrons. The topological polar surface area (TPSA) is 68.8 Å². The highest BCUT2D eigenvalue weighted by Gasteiger charge is 2.31. The summed E-state index contributed by atoms with van der Waals surface area (Å²) in [5, 5.41) is 6.92. The fraction of sp³-hybridized carbons (Fsp3) is 0.611. The Hall–Kier alpha value is -1.66. The molecule has 0 bridgehead atoms. The summed E-state index contributed by atoms with van der Waals surface area (Å²) < 4.78 is 16.0. The number of carbonyl (C=O) groups excluding carboxylic acids is 1. The van der Waals surface area contributed by atoms with Crippen LogP contribution in [0.1, 0.15) is 39.2 Å². The molecule has 1 atom stereocenters. The molecule has 1 amide bonds. The molecule has 0 radical (unpaired) electrons. The van der Waals surface area contributed by atoms with Gasteiger partial charge in [0.25, 0.3) is 0 Å². The molecule has 1 aliphatic heterocycles. The van der Waals surface area contributed by atoms with Crippen molar-refractivity contribution in [3.63, 3.8) is 0 Å². The predicted molar refractivity (Wildman–Crippen MR) is 95.2 cm³/mol. The van der Waals surface area contributed by atoms with Crippen LogP contribution in [0.25, 0.3) is 0 Å². The van der Waals surface area contributed by atoms with Crippen molar-refractivity contribution in [1.82, 2.24) is 10.6 Å². The molecule has 6 nitrogen and oxygen atoms in total. The second-order valence-electron chi connectivity index (χ2n) is 7.52. The first kappa shape index (κ1) is 18.1. The van der Waals surface area contributed by atoms with Gasteiger partial charge < -0.3 is 24.8 Å². The first-order chi connectivity index (χ1) is 11.8. The SMILES string of the molecule is CC(C)(C)OC(=O)NCC(NCc1cc(Cl)c2c(c1)OCO2)C1CC1. The maximum atomic E-state index is 11.8. The smallest absolute Gasteiger partial charge is 0.407 e. The number of carbonyl (C=O) groups is 1. The summed E-state index contributed by atoms with van der Waals surface area (Å²) in [4.78, 5) is 11.8. The van der Waals surface area contributed by atoms with Crippen LogP contribution < -0.4 is 20.1 Å². The molecule has 0 saturated heterocycles. The average molecular weight is 369 g/mol. The van der Waals surface area contributed by atoms with E-state index in [-0.39, 0.29) is 18.9 Å². The third-order valence-corrected chi connectivity index (χ3v) is 4.39. The Morgan fingerprint density at radius 2 is 2.12 bits per heavy atom. The van der Waals surface area contributed by atoms with Crippen molar-refractivity contribution < 1.29 is 19.0 Å². The van der Waals surface area contributed by atoms with Crippen LogP contribution in [0.3, 0.4) is 0 Å². The lowest BCUT2D eigenvalue weighted by Crippen LogP contribution is -2.43. The van der Waals surface area contributed by atoms with Crippen molar-refractivity contribution >= 4 is 17.7 Å². The molecular formula is C18H25ClN2O4. The summed E-state index contributed by atoms with van der Waals surface area (Å²) >= 11 is 6.22. The zero-order valence-corrected chi connectivity index (χ0v) is 15.6. The number of nitrogens with one attached hydrogen (secondary N) is 2. The summed E-state index contributed by atoms with van der Waals surface area (Å²) in [6, 6.07) is 4.02. The number of ether oxygens (including phenoxy) is 3. The fourth-order valence-corrected chi connectivity index (χ4v) is 3.07. The number of halogens is 1. The van der Waals surface area contributed by atoms with E-state index in [0.717, 1.165) is 5.56 Å². The van der Waals surface area contributed by atoms with E-state index in [1.54, 1.807) is 0 Å². The van der Waals surface area contributed by atoms with Crippen LogP contribution in [0.4, 0.5) is 4.79 Å². The quantitative estimate of drug-likeness (QED) is 0.804. The number of alkyl carbamates (subject to hydrolysis) is 1. The maximum absolute atomic E-state index is 11.8. The van der Waals surface area contributed by atoms with Gasteiger partial charge in [-0.2, -0.15) is 0 Å². The number of hydrogen-bond donors (Lipinski definition) is 2. The first-order valence-corrected chi connectivity index (χ1v) is 8.98. The molecule has 7 heteroatoms. The van der Waals surface area contributed by atoms with Crippen LogP contribution in [0, 0.1) is 5.92 Å². The van der Waals surface area contributed by atoms with Crippen LogP contribution in [0.2, 0.25) is 5.02 Å². The largest absolute Gasteiger partial charge is 0.454 e. The average Bonchev–Trinajstić information content (AvgIpc) is 3.22. The molecule has 0 spiro atoms. The van der Waals surface area contributed by atoms with Crippen LogP contribution in [-0.4, -0.2) is 31.1 Å². The van der Waals surface area contributed by atoms with Gasteiger partial charge in [0.15, 0.2) is 11.5 Å². The summed E-state index contributed by atoms with van der Waals surface area (Å²) in [6.07, 6.45) is 1.97. The highest BCUT2D eigenvalue weighted by Crippen LogP contribution is 2.40. The molecule has 3 rings (SSSR count). The van der Waals surface area contributed by atoms with E-state index in [9.17, 15) is 4.79 Å². The summed E-state index contributed by atoms with van der Waals surface area (Å²) in [7, 11) is 0. The molecule has 1 unspecified atom stereocenters. The molecule has 25 heavy (non-hydrogen) atoms. The standard InChI is InChI=1S/C18H25ClN2O4/c1-18(2,3)25-17(22)21-9-14(12-4-5-12)20-8-11-6-13(19)16-15(7-11)23-10-24-16/h6-7,12,14,20H,4-5,8-10H2,1-3H3,(H,21,22). The molecular weight excluding hydrogens is 344 g/mol. The Kier molecular flexibility index (Phi) is 5.29. The van der Waals surface area contributed by atoms with Crippen molar-refractivity contribution in [2.75, 3.05) is 13.3 Å². The second kappa shape index (κ2) is 7.30. The van der Waals surface area contributed by atoms with Gasteiger partial charge in [-0.15, -0.1) is 0 Å². The van der Waals surface area contributed by atoms with Gasteiger partial charge >= 0.3 is 6.09 Å². The van der Waals surface area contributed by atoms with E-state index in [4.69, 9.17) is 25.8 Å². The number of hydrogen-bond acceptors (Lipinski definition) is 5. The van der Waals surface area contributed by atoms with Gasteiger partial charge in [0.1, 0.15) is 5.60 Å². The van der Waals surface area contributed by atoms with Crippen LogP contribution in [0.15, 0.2) is 12.1 Å². The van der Waals surface area contributed by atoms with Gasteiger partial charge in [-0.05, 0) is 57.2 Å². The summed E-state index contributed by atoms with van der Waals surface area (Å²) in [6.45, 7) is 6.95. The highest BCUT2D eigenvalue weighted by atomic mass is 35.5. The van der Waals surface area contributed by atoms with E-state index in [1.807, 2.05) is 32.9 Å². The Labute approximate surface area is 153 Å². The number of rotatable bonds is 6. The van der Waals surface area contributed by atoms with Crippen LogP contribution in [-0.2, 0) is 11.3 Å². The lowest BCUT2D eigenvalue weighted by molar-refractivity contribution is 0.0521. The molecule has 1 aliphatic carbocycles. The molecule has 0 aromatic heterocycles. The van der Waals surface area contributed by atoms with E-state index >= 15 is 0 Å². The zero-order chi connectivity index (χ0) is 18.0. The van der Waals surface area contributed by atoms with E-state index in [0.29, 0.717) is 35.5 Å². The molecule has 2 aliphatic rings.